The van der Waals surface area contributed by atoms with Gasteiger partial charge in [-0.05, 0) is 43.7 Å². The van der Waals surface area contributed by atoms with E-state index in [2.05, 4.69) is 24.3 Å². The number of benzene rings is 1. The highest BCUT2D eigenvalue weighted by atomic mass is 16.5. The van der Waals surface area contributed by atoms with Gasteiger partial charge in [0.25, 0.3) is 5.91 Å². The number of piperidine rings is 1. The first-order valence-electron chi connectivity index (χ1n) is 14.0. The maximum absolute atomic E-state index is 14.2. The van der Waals surface area contributed by atoms with Crippen LogP contribution >= 0.6 is 0 Å². The molecule has 0 aliphatic carbocycles. The summed E-state index contributed by atoms with van der Waals surface area (Å²) >= 11 is 0. The monoisotopic (exact) mass is 525 g/mol. The highest BCUT2D eigenvalue weighted by Gasteiger charge is 2.36. The second-order valence-electron chi connectivity index (χ2n) is 10.7. The van der Waals surface area contributed by atoms with E-state index in [-0.39, 0.29) is 23.8 Å². The van der Waals surface area contributed by atoms with Gasteiger partial charge in [-0.15, -0.1) is 0 Å². The maximum atomic E-state index is 14.2. The Balaban J connectivity index is 1.58. The van der Waals surface area contributed by atoms with E-state index in [1.807, 2.05) is 44.8 Å². The van der Waals surface area contributed by atoms with Gasteiger partial charge in [-0.3, -0.25) is 9.59 Å². The predicted octanol–water partition coefficient (Wildman–Crippen LogP) is 2.78. The Labute approximate surface area is 226 Å². The van der Waals surface area contributed by atoms with Crippen molar-refractivity contribution in [2.45, 2.75) is 45.6 Å². The van der Waals surface area contributed by atoms with Crippen molar-refractivity contribution in [2.75, 3.05) is 59.7 Å². The van der Waals surface area contributed by atoms with Crippen molar-refractivity contribution in [3.05, 3.63) is 47.8 Å². The molecule has 2 aliphatic heterocycles. The summed E-state index contributed by atoms with van der Waals surface area (Å²) < 4.78 is 12.6. The Morgan fingerprint density at radius 2 is 1.92 bits per heavy atom. The summed E-state index contributed by atoms with van der Waals surface area (Å²) in [6.07, 6.45) is 4.93. The molecule has 9 heteroatoms. The summed E-state index contributed by atoms with van der Waals surface area (Å²) in [4.78, 5) is 31.4. The van der Waals surface area contributed by atoms with Gasteiger partial charge in [0.1, 0.15) is 0 Å². The van der Waals surface area contributed by atoms with Crippen LogP contribution in [0.25, 0.3) is 5.69 Å². The standard InChI is InChI=1S/C29H43N5O4/c1-22(2)21-33(25-17-23(18-30-19-25)28(35)32-12-15-38-16-13-32)29(36)26-20-31-34(24-9-5-4-6-10-24)27(26)11-7-8-14-37-3/h4-6,9-10,20,22-23,25,30H,7-8,11-19,21H2,1-3H3/t23-,25+/m1/s1. The molecule has 2 amide bonds. The molecule has 1 aromatic heterocycles. The smallest absolute Gasteiger partial charge is 0.257 e. The third-order valence-corrected chi connectivity index (χ3v) is 7.37. The number of hydrogen-bond donors (Lipinski definition) is 1. The van der Waals surface area contributed by atoms with Crippen molar-refractivity contribution in [1.82, 2.24) is 24.9 Å². The quantitative estimate of drug-likeness (QED) is 0.454. The van der Waals surface area contributed by atoms with Gasteiger partial charge in [0.15, 0.2) is 0 Å². The average molecular weight is 526 g/mol. The number of para-hydroxylation sites is 1. The van der Waals surface area contributed by atoms with Gasteiger partial charge in [-0.2, -0.15) is 5.10 Å². The van der Waals surface area contributed by atoms with E-state index >= 15 is 0 Å². The van der Waals surface area contributed by atoms with Crippen molar-refractivity contribution >= 4 is 11.8 Å². The first-order valence-corrected chi connectivity index (χ1v) is 14.0. The van der Waals surface area contributed by atoms with Crippen LogP contribution in [0.1, 0.15) is 49.2 Å². The largest absolute Gasteiger partial charge is 0.385 e. The number of nitrogens with zero attached hydrogens (tertiary/aromatic N) is 4. The van der Waals surface area contributed by atoms with Crippen LogP contribution in [0.2, 0.25) is 0 Å². The lowest BCUT2D eigenvalue weighted by Gasteiger charge is -2.40. The fourth-order valence-electron chi connectivity index (χ4n) is 5.46. The summed E-state index contributed by atoms with van der Waals surface area (Å²) in [5.41, 5.74) is 2.52. The number of unbranched alkanes of at least 4 members (excludes halogenated alkanes) is 1. The summed E-state index contributed by atoms with van der Waals surface area (Å²) in [6, 6.07) is 9.91. The van der Waals surface area contributed by atoms with Crippen molar-refractivity contribution < 1.29 is 19.1 Å². The van der Waals surface area contributed by atoms with Crippen LogP contribution in [-0.2, 0) is 20.7 Å². The van der Waals surface area contributed by atoms with Gasteiger partial charge >= 0.3 is 0 Å². The number of carbonyl (C=O) groups is 2. The van der Waals surface area contributed by atoms with Crippen LogP contribution in [0.4, 0.5) is 0 Å². The topological polar surface area (TPSA) is 88.9 Å². The van der Waals surface area contributed by atoms with Crippen molar-refractivity contribution in [3.8, 4) is 5.69 Å². The Morgan fingerprint density at radius 3 is 2.63 bits per heavy atom. The lowest BCUT2D eigenvalue weighted by Crippen LogP contribution is -2.56. The van der Waals surface area contributed by atoms with Crippen molar-refractivity contribution in [3.63, 3.8) is 0 Å². The number of methoxy groups -OCH3 is 1. The molecule has 0 radical (unpaired) electrons. The lowest BCUT2D eigenvalue weighted by atomic mass is 9.92. The summed E-state index contributed by atoms with van der Waals surface area (Å²) in [5.74, 6) is 0.311. The molecule has 3 heterocycles. The summed E-state index contributed by atoms with van der Waals surface area (Å²) in [5, 5.41) is 8.12. The summed E-state index contributed by atoms with van der Waals surface area (Å²) in [7, 11) is 1.71. The molecule has 208 valence electrons. The molecule has 38 heavy (non-hydrogen) atoms. The molecule has 9 nitrogen and oxygen atoms in total. The number of amides is 2. The Hall–Kier alpha value is -2.75. The van der Waals surface area contributed by atoms with Crippen LogP contribution in [0.5, 0.6) is 0 Å². The van der Waals surface area contributed by atoms with Gasteiger partial charge in [0.2, 0.25) is 5.91 Å². The van der Waals surface area contributed by atoms with E-state index in [9.17, 15) is 9.59 Å². The van der Waals surface area contributed by atoms with Crippen LogP contribution in [-0.4, -0.2) is 97.1 Å². The fourth-order valence-corrected chi connectivity index (χ4v) is 5.46. The molecule has 0 bridgehead atoms. The number of ether oxygens (including phenoxy) is 2. The second-order valence-corrected chi connectivity index (χ2v) is 10.7. The van der Waals surface area contributed by atoms with Gasteiger partial charge < -0.3 is 24.6 Å². The molecule has 0 spiro atoms. The first-order chi connectivity index (χ1) is 18.5. The van der Waals surface area contributed by atoms with Crippen LogP contribution in [0.15, 0.2) is 36.5 Å². The number of aromatic nitrogens is 2. The number of carbonyl (C=O) groups excluding carboxylic acids is 2. The SMILES string of the molecule is COCCCCc1c(C(=O)N(CC(C)C)[C@@H]2CNC[C@H](C(=O)N3CCOCC3)C2)cnn1-c1ccccc1. The Bertz CT molecular complexity index is 1030. The minimum absolute atomic E-state index is 0.00565. The van der Waals surface area contributed by atoms with Crippen LogP contribution in [0, 0.1) is 11.8 Å². The molecule has 2 aliphatic rings. The molecule has 4 rings (SSSR count). The van der Waals surface area contributed by atoms with E-state index < -0.39 is 0 Å². The minimum atomic E-state index is -0.144. The number of morpholine rings is 1. The molecule has 2 aromatic rings. The lowest BCUT2D eigenvalue weighted by molar-refractivity contribution is -0.140. The molecule has 1 aromatic carbocycles. The molecule has 2 saturated heterocycles. The van der Waals surface area contributed by atoms with Crippen molar-refractivity contribution in [1.29, 1.82) is 0 Å². The molecule has 2 fully saturated rings. The van der Waals surface area contributed by atoms with Crippen LogP contribution in [0.3, 0.4) is 0 Å². The first kappa shape index (κ1) is 28.3. The van der Waals surface area contributed by atoms with Gasteiger partial charge in [-0.1, -0.05) is 32.0 Å². The second kappa shape index (κ2) is 13.9. The summed E-state index contributed by atoms with van der Waals surface area (Å²) in [6.45, 7) is 9.36. The zero-order chi connectivity index (χ0) is 26.9. The number of nitrogens with one attached hydrogen (secondary N) is 1. The minimum Gasteiger partial charge on any atom is -0.385 e. The Kier molecular flexibility index (Phi) is 10.3. The molecular weight excluding hydrogens is 482 g/mol. The van der Waals surface area contributed by atoms with E-state index in [1.54, 1.807) is 13.3 Å². The normalized spacial score (nSPS) is 20.1. The zero-order valence-corrected chi connectivity index (χ0v) is 23.1. The average Bonchev–Trinajstić information content (AvgIpc) is 3.38. The maximum Gasteiger partial charge on any atom is 0.257 e. The Morgan fingerprint density at radius 1 is 1.16 bits per heavy atom. The van der Waals surface area contributed by atoms with Crippen molar-refractivity contribution in [2.24, 2.45) is 11.8 Å². The fraction of sp³-hybridized carbons (Fsp3) is 0.621. The van der Waals surface area contributed by atoms with E-state index in [1.165, 1.54) is 0 Å². The third-order valence-electron chi connectivity index (χ3n) is 7.37. The molecule has 2 atom stereocenters. The molecule has 0 saturated carbocycles. The molecular formula is C29H43N5O4. The predicted molar refractivity (Wildman–Crippen MR) is 146 cm³/mol. The zero-order valence-electron chi connectivity index (χ0n) is 23.1. The van der Waals surface area contributed by atoms with E-state index in [0.29, 0.717) is 70.4 Å². The number of hydrogen-bond acceptors (Lipinski definition) is 6. The number of rotatable bonds is 11. The van der Waals surface area contributed by atoms with E-state index in [0.717, 1.165) is 30.6 Å². The van der Waals surface area contributed by atoms with Gasteiger partial charge in [0.05, 0.1) is 42.3 Å². The molecule has 1 N–H and O–H groups in total. The highest BCUT2D eigenvalue weighted by Crippen LogP contribution is 2.25. The van der Waals surface area contributed by atoms with Gasteiger partial charge in [-0.25, -0.2) is 4.68 Å². The third kappa shape index (κ3) is 7.01. The molecule has 0 unspecified atom stereocenters. The van der Waals surface area contributed by atoms with Crippen LogP contribution < -0.4 is 5.32 Å². The van der Waals surface area contributed by atoms with E-state index in [4.69, 9.17) is 9.47 Å². The van der Waals surface area contributed by atoms with Gasteiger partial charge in [0, 0.05) is 52.5 Å². The highest BCUT2D eigenvalue weighted by molar-refractivity contribution is 5.95.